The van der Waals surface area contributed by atoms with Crippen LogP contribution in [0.4, 0.5) is 24.5 Å². The molecule has 2 aromatic carbocycles. The van der Waals surface area contributed by atoms with E-state index in [1.165, 1.54) is 6.07 Å². The molecule has 0 radical (unpaired) electrons. The maximum Gasteiger partial charge on any atom is 0.418 e. The number of aliphatic hydroxyl groups is 1. The fourth-order valence-electron chi connectivity index (χ4n) is 3.50. The number of imidazole rings is 1. The van der Waals surface area contributed by atoms with Gasteiger partial charge in [-0.15, -0.1) is 0 Å². The Morgan fingerprint density at radius 3 is 2.70 bits per heavy atom. The number of fused-ring (bicyclic) bond motifs is 3. The van der Waals surface area contributed by atoms with Crippen molar-refractivity contribution in [2.45, 2.75) is 25.3 Å². The summed E-state index contributed by atoms with van der Waals surface area (Å²) >= 11 is 0. The number of aliphatic hydroxyl groups excluding tert-OH is 1. The Bertz CT molecular complexity index is 1000. The molecule has 1 aliphatic heterocycles. The first-order valence-electron chi connectivity index (χ1n) is 9.65. The Labute approximate surface area is 171 Å². The molecule has 9 heteroatoms. The lowest BCUT2D eigenvalue weighted by Crippen LogP contribution is -2.34. The van der Waals surface area contributed by atoms with Crippen molar-refractivity contribution in [1.82, 2.24) is 14.9 Å². The summed E-state index contributed by atoms with van der Waals surface area (Å²) in [5, 5.41) is 18.2. The maximum atomic E-state index is 13.8. The average molecular weight is 417 g/mol. The normalized spacial score (nSPS) is 15.3. The molecule has 4 rings (SSSR count). The van der Waals surface area contributed by atoms with E-state index in [0.717, 1.165) is 11.6 Å². The molecule has 0 amide bonds. The summed E-state index contributed by atoms with van der Waals surface area (Å²) in [6.07, 6.45) is -1.10. The first kappa shape index (κ1) is 20.2. The average Bonchev–Trinajstić information content (AvgIpc) is 3.22. The number of hydrogen-bond donors (Lipinski definition) is 4. The zero-order valence-electron chi connectivity index (χ0n) is 16.1. The molecule has 0 spiro atoms. The summed E-state index contributed by atoms with van der Waals surface area (Å²) in [7, 11) is 0. The van der Waals surface area contributed by atoms with Crippen molar-refractivity contribution in [2.24, 2.45) is 0 Å². The van der Waals surface area contributed by atoms with Crippen LogP contribution in [-0.4, -0.2) is 27.8 Å². The molecule has 158 valence electrons. The van der Waals surface area contributed by atoms with Crippen molar-refractivity contribution < 1.29 is 18.3 Å². The van der Waals surface area contributed by atoms with Crippen molar-refractivity contribution in [1.29, 1.82) is 0 Å². The number of benzene rings is 2. The number of nitrogens with zero attached hydrogens (tertiary/aromatic N) is 2. The quantitative estimate of drug-likeness (QED) is 0.439. The zero-order valence-corrected chi connectivity index (χ0v) is 16.1. The summed E-state index contributed by atoms with van der Waals surface area (Å²) in [5.41, 5.74) is 1.12. The molecular formula is C21H22F3N5O. The molecule has 1 atom stereocenters. The summed E-state index contributed by atoms with van der Waals surface area (Å²) < 4.78 is 43.2. The van der Waals surface area contributed by atoms with Gasteiger partial charge in [0.05, 0.1) is 16.9 Å². The number of halogens is 3. The van der Waals surface area contributed by atoms with Crippen LogP contribution in [-0.2, 0) is 12.7 Å². The second-order valence-corrected chi connectivity index (χ2v) is 7.02. The smallest absolute Gasteiger partial charge is 0.396 e. The molecule has 1 aliphatic rings. The SMILES string of the molecule is OCCCNC1Nc2cc(C(F)(F)F)c(NCc3ccccc3)cc2-n2ccnc21. The molecule has 0 saturated carbocycles. The van der Waals surface area contributed by atoms with Gasteiger partial charge in [-0.3, -0.25) is 9.88 Å². The Morgan fingerprint density at radius 1 is 1.17 bits per heavy atom. The van der Waals surface area contributed by atoms with Crippen LogP contribution in [0, 0.1) is 0 Å². The highest BCUT2D eigenvalue weighted by molar-refractivity contribution is 5.73. The summed E-state index contributed by atoms with van der Waals surface area (Å²) in [6, 6.07) is 11.9. The van der Waals surface area contributed by atoms with Gasteiger partial charge < -0.3 is 15.7 Å². The molecule has 0 bridgehead atoms. The fourth-order valence-corrected chi connectivity index (χ4v) is 3.50. The van der Waals surface area contributed by atoms with E-state index in [1.54, 1.807) is 17.0 Å². The van der Waals surface area contributed by atoms with Crippen LogP contribution in [0.3, 0.4) is 0 Å². The number of hydrogen-bond acceptors (Lipinski definition) is 5. The van der Waals surface area contributed by atoms with Crippen LogP contribution in [0.1, 0.15) is 29.5 Å². The second-order valence-electron chi connectivity index (χ2n) is 7.02. The van der Waals surface area contributed by atoms with Crippen LogP contribution < -0.4 is 16.0 Å². The predicted molar refractivity (Wildman–Crippen MR) is 108 cm³/mol. The largest absolute Gasteiger partial charge is 0.418 e. The third-order valence-electron chi connectivity index (χ3n) is 4.94. The lowest BCUT2D eigenvalue weighted by Gasteiger charge is -2.30. The van der Waals surface area contributed by atoms with Gasteiger partial charge in [-0.25, -0.2) is 4.98 Å². The Balaban J connectivity index is 1.69. The van der Waals surface area contributed by atoms with Crippen LogP contribution in [0.2, 0.25) is 0 Å². The van der Waals surface area contributed by atoms with Gasteiger partial charge in [-0.05, 0) is 30.7 Å². The monoisotopic (exact) mass is 417 g/mol. The van der Waals surface area contributed by atoms with Crippen LogP contribution >= 0.6 is 0 Å². The van der Waals surface area contributed by atoms with Crippen molar-refractivity contribution in [2.75, 3.05) is 23.8 Å². The maximum absolute atomic E-state index is 13.8. The van der Waals surface area contributed by atoms with E-state index in [9.17, 15) is 13.2 Å². The Kier molecular flexibility index (Phi) is 5.65. The van der Waals surface area contributed by atoms with E-state index in [-0.39, 0.29) is 18.8 Å². The molecule has 3 aromatic rings. The van der Waals surface area contributed by atoms with Gasteiger partial charge in [0.25, 0.3) is 0 Å². The van der Waals surface area contributed by atoms with Crippen LogP contribution in [0.15, 0.2) is 54.9 Å². The number of nitrogens with one attached hydrogen (secondary N) is 3. The standard InChI is InChI=1S/C21H22F3N5O/c22-21(23,24)15-11-17-18(12-16(15)27-13-14-5-2-1-3-6-14)29-9-8-26-20(29)19(28-17)25-7-4-10-30/h1-3,5-6,8-9,11-12,19,25,27-28,30H,4,7,10,13H2. The van der Waals surface area contributed by atoms with Gasteiger partial charge in [0, 0.05) is 31.2 Å². The minimum atomic E-state index is -4.51. The molecule has 0 fully saturated rings. The molecule has 6 nitrogen and oxygen atoms in total. The third-order valence-corrected chi connectivity index (χ3v) is 4.94. The molecule has 2 heterocycles. The van der Waals surface area contributed by atoms with Crippen LogP contribution in [0.25, 0.3) is 5.69 Å². The van der Waals surface area contributed by atoms with Crippen molar-refractivity contribution in [3.8, 4) is 5.69 Å². The first-order chi connectivity index (χ1) is 14.5. The molecule has 0 saturated heterocycles. The third kappa shape index (κ3) is 4.12. The minimum absolute atomic E-state index is 0.0123. The second kappa shape index (κ2) is 8.37. The number of rotatable bonds is 7. The van der Waals surface area contributed by atoms with Gasteiger partial charge >= 0.3 is 6.18 Å². The summed E-state index contributed by atoms with van der Waals surface area (Å²) in [5.74, 6) is 0.647. The lowest BCUT2D eigenvalue weighted by atomic mass is 10.1. The van der Waals surface area contributed by atoms with E-state index >= 15 is 0 Å². The number of aromatic nitrogens is 2. The summed E-state index contributed by atoms with van der Waals surface area (Å²) in [6.45, 7) is 0.802. The Morgan fingerprint density at radius 2 is 1.97 bits per heavy atom. The molecular weight excluding hydrogens is 395 g/mol. The highest BCUT2D eigenvalue weighted by Gasteiger charge is 2.36. The van der Waals surface area contributed by atoms with Crippen molar-refractivity contribution in [3.63, 3.8) is 0 Å². The fraction of sp³-hybridized carbons (Fsp3) is 0.286. The van der Waals surface area contributed by atoms with Crippen LogP contribution in [0.5, 0.6) is 0 Å². The number of alkyl halides is 3. The summed E-state index contributed by atoms with van der Waals surface area (Å²) in [4.78, 5) is 4.34. The molecule has 1 aromatic heterocycles. The molecule has 4 N–H and O–H groups in total. The number of anilines is 2. The minimum Gasteiger partial charge on any atom is -0.396 e. The van der Waals surface area contributed by atoms with E-state index in [2.05, 4.69) is 20.9 Å². The van der Waals surface area contributed by atoms with Gasteiger partial charge in [0.2, 0.25) is 0 Å². The van der Waals surface area contributed by atoms with Gasteiger partial charge in [-0.1, -0.05) is 30.3 Å². The van der Waals surface area contributed by atoms with Gasteiger partial charge in [-0.2, -0.15) is 13.2 Å². The van der Waals surface area contributed by atoms with E-state index in [4.69, 9.17) is 5.11 Å². The predicted octanol–water partition coefficient (Wildman–Crippen LogP) is 3.90. The molecule has 0 aliphatic carbocycles. The van der Waals surface area contributed by atoms with Gasteiger partial charge in [0.15, 0.2) is 5.82 Å². The van der Waals surface area contributed by atoms with E-state index in [1.807, 2.05) is 30.3 Å². The molecule has 1 unspecified atom stereocenters. The van der Waals surface area contributed by atoms with Gasteiger partial charge in [0.1, 0.15) is 6.17 Å². The van der Waals surface area contributed by atoms with Crippen molar-refractivity contribution >= 4 is 11.4 Å². The first-order valence-corrected chi connectivity index (χ1v) is 9.65. The van der Waals surface area contributed by atoms with Crippen molar-refractivity contribution in [3.05, 3.63) is 71.8 Å². The lowest BCUT2D eigenvalue weighted by molar-refractivity contribution is -0.136. The van der Waals surface area contributed by atoms with E-state index < -0.39 is 17.9 Å². The topological polar surface area (TPSA) is 74.1 Å². The Hall–Kier alpha value is -3.04. The molecule has 30 heavy (non-hydrogen) atoms. The van der Waals surface area contributed by atoms with E-state index in [0.29, 0.717) is 30.2 Å². The highest BCUT2D eigenvalue weighted by Crippen LogP contribution is 2.42. The highest BCUT2D eigenvalue weighted by atomic mass is 19.4. The zero-order chi connectivity index (χ0) is 21.1.